The summed E-state index contributed by atoms with van der Waals surface area (Å²) >= 11 is 0. The topological polar surface area (TPSA) is 90.7 Å². The van der Waals surface area contributed by atoms with Crippen LogP contribution in [0.3, 0.4) is 0 Å². The fourth-order valence-electron chi connectivity index (χ4n) is 3.32. The fourth-order valence-corrected chi connectivity index (χ4v) is 3.32. The SMILES string of the molecule is CNc1cc(C)nc(N2CCC3(CC2)OCC[C@H](O)[C@@H]3O)n1. The molecular formula is C15H24N4O3. The molecule has 3 N–H and O–H groups in total. The van der Waals surface area contributed by atoms with E-state index in [2.05, 4.69) is 20.2 Å². The molecule has 2 aliphatic rings. The van der Waals surface area contributed by atoms with Crippen LogP contribution in [0, 0.1) is 6.92 Å². The lowest BCUT2D eigenvalue weighted by Gasteiger charge is -2.48. The number of anilines is 2. The Kier molecular flexibility index (Phi) is 4.20. The van der Waals surface area contributed by atoms with Gasteiger partial charge in [-0.2, -0.15) is 4.98 Å². The van der Waals surface area contributed by atoms with E-state index in [9.17, 15) is 10.2 Å². The van der Waals surface area contributed by atoms with Crippen molar-refractivity contribution in [2.75, 3.05) is 37.0 Å². The van der Waals surface area contributed by atoms with Crippen LogP contribution in [-0.2, 0) is 4.74 Å². The second-order valence-corrected chi connectivity index (χ2v) is 6.15. The van der Waals surface area contributed by atoms with Gasteiger partial charge in [0.05, 0.1) is 18.3 Å². The quantitative estimate of drug-likeness (QED) is 0.724. The van der Waals surface area contributed by atoms with Crippen LogP contribution in [0.1, 0.15) is 25.0 Å². The Hall–Kier alpha value is -1.44. The third-order valence-corrected chi connectivity index (χ3v) is 4.70. The molecule has 3 rings (SSSR count). The molecule has 1 aromatic rings. The molecule has 2 atom stereocenters. The molecule has 7 nitrogen and oxygen atoms in total. The maximum Gasteiger partial charge on any atom is 0.227 e. The molecule has 2 saturated heterocycles. The average molecular weight is 308 g/mol. The second-order valence-electron chi connectivity index (χ2n) is 6.15. The van der Waals surface area contributed by atoms with Crippen molar-refractivity contribution in [2.24, 2.45) is 0 Å². The third-order valence-electron chi connectivity index (χ3n) is 4.70. The maximum absolute atomic E-state index is 10.3. The van der Waals surface area contributed by atoms with Crippen LogP contribution in [0.4, 0.5) is 11.8 Å². The van der Waals surface area contributed by atoms with E-state index in [1.165, 1.54) is 0 Å². The van der Waals surface area contributed by atoms with Crippen LogP contribution in [0.2, 0.25) is 0 Å². The molecule has 0 radical (unpaired) electrons. The largest absolute Gasteiger partial charge is 0.390 e. The highest BCUT2D eigenvalue weighted by atomic mass is 16.5. The molecule has 0 unspecified atom stereocenters. The van der Waals surface area contributed by atoms with E-state index < -0.39 is 17.8 Å². The van der Waals surface area contributed by atoms with Gasteiger partial charge in [0.15, 0.2) is 0 Å². The molecule has 122 valence electrons. The predicted molar refractivity (Wildman–Crippen MR) is 83.1 cm³/mol. The number of hydrogen-bond acceptors (Lipinski definition) is 7. The van der Waals surface area contributed by atoms with E-state index in [1.807, 2.05) is 20.0 Å². The van der Waals surface area contributed by atoms with E-state index >= 15 is 0 Å². The molecule has 0 saturated carbocycles. The standard InChI is InChI=1S/C15H24N4O3/c1-10-9-12(16-2)18-14(17-10)19-6-4-15(5-7-19)13(21)11(20)3-8-22-15/h9,11,13,20-21H,3-8H2,1-2H3,(H,16,17,18)/t11-,13-/m0/s1. The number of rotatable bonds is 2. The zero-order chi connectivity index (χ0) is 15.7. The number of aromatic nitrogens is 2. The first-order chi connectivity index (χ1) is 10.5. The van der Waals surface area contributed by atoms with Crippen molar-refractivity contribution in [3.63, 3.8) is 0 Å². The number of hydrogen-bond donors (Lipinski definition) is 3. The van der Waals surface area contributed by atoms with Crippen LogP contribution in [0.5, 0.6) is 0 Å². The molecule has 1 aromatic heterocycles. The van der Waals surface area contributed by atoms with Crippen LogP contribution >= 0.6 is 0 Å². The summed E-state index contributed by atoms with van der Waals surface area (Å²) in [5.74, 6) is 1.50. The van der Waals surface area contributed by atoms with Gasteiger partial charge in [0.2, 0.25) is 5.95 Å². The van der Waals surface area contributed by atoms with Crippen molar-refractivity contribution in [2.45, 2.75) is 44.0 Å². The van der Waals surface area contributed by atoms with Crippen molar-refractivity contribution < 1.29 is 14.9 Å². The lowest BCUT2D eigenvalue weighted by molar-refractivity contribution is -0.205. The molecule has 1 spiro atoms. The number of aliphatic hydroxyl groups is 2. The summed E-state index contributed by atoms with van der Waals surface area (Å²) in [7, 11) is 1.84. The summed E-state index contributed by atoms with van der Waals surface area (Å²) in [6.45, 7) is 3.86. The second kappa shape index (κ2) is 5.98. The summed E-state index contributed by atoms with van der Waals surface area (Å²) in [4.78, 5) is 11.1. The van der Waals surface area contributed by atoms with Crippen LogP contribution in [0.15, 0.2) is 6.07 Å². The monoisotopic (exact) mass is 308 g/mol. The van der Waals surface area contributed by atoms with Gasteiger partial charge in [0.1, 0.15) is 11.9 Å². The Morgan fingerprint density at radius 2 is 2.05 bits per heavy atom. The van der Waals surface area contributed by atoms with Gasteiger partial charge in [-0.15, -0.1) is 0 Å². The normalized spacial score (nSPS) is 27.9. The molecule has 0 amide bonds. The molecule has 22 heavy (non-hydrogen) atoms. The maximum atomic E-state index is 10.3. The van der Waals surface area contributed by atoms with E-state index in [-0.39, 0.29) is 0 Å². The van der Waals surface area contributed by atoms with Gasteiger partial charge in [-0.25, -0.2) is 4.98 Å². The Bertz CT molecular complexity index is 532. The Balaban J connectivity index is 1.73. The van der Waals surface area contributed by atoms with Gasteiger partial charge >= 0.3 is 0 Å². The minimum absolute atomic E-state index is 0.499. The van der Waals surface area contributed by atoms with Crippen LogP contribution in [-0.4, -0.2) is 64.7 Å². The zero-order valence-corrected chi connectivity index (χ0v) is 13.1. The van der Waals surface area contributed by atoms with Crippen molar-refractivity contribution in [3.8, 4) is 0 Å². The van der Waals surface area contributed by atoms with E-state index in [0.29, 0.717) is 44.9 Å². The van der Waals surface area contributed by atoms with Gasteiger partial charge in [0, 0.05) is 31.9 Å². The Morgan fingerprint density at radius 1 is 1.32 bits per heavy atom. The summed E-state index contributed by atoms with van der Waals surface area (Å²) < 4.78 is 5.85. The summed E-state index contributed by atoms with van der Waals surface area (Å²) in [6.07, 6.45) is 0.328. The van der Waals surface area contributed by atoms with Gasteiger partial charge in [0.25, 0.3) is 0 Å². The Morgan fingerprint density at radius 3 is 2.73 bits per heavy atom. The van der Waals surface area contributed by atoms with E-state index in [1.54, 1.807) is 0 Å². The smallest absolute Gasteiger partial charge is 0.227 e. The third kappa shape index (κ3) is 2.76. The number of aryl methyl sites for hydroxylation is 1. The van der Waals surface area contributed by atoms with Gasteiger partial charge in [-0.3, -0.25) is 0 Å². The lowest BCUT2D eigenvalue weighted by Crippen LogP contribution is -2.60. The molecule has 2 aliphatic heterocycles. The molecular weight excluding hydrogens is 284 g/mol. The molecule has 0 aromatic carbocycles. The predicted octanol–water partition coefficient (Wildman–Crippen LogP) is 0.308. The van der Waals surface area contributed by atoms with Crippen LogP contribution in [0.25, 0.3) is 0 Å². The highest BCUT2D eigenvalue weighted by Crippen LogP contribution is 2.36. The Labute approximate surface area is 130 Å². The molecule has 3 heterocycles. The highest BCUT2D eigenvalue weighted by Gasteiger charge is 2.47. The molecule has 0 aliphatic carbocycles. The first kappa shape index (κ1) is 15.5. The first-order valence-corrected chi connectivity index (χ1v) is 7.82. The van der Waals surface area contributed by atoms with E-state index in [0.717, 1.165) is 11.5 Å². The summed E-state index contributed by atoms with van der Waals surface area (Å²) in [5, 5.41) is 23.2. The minimum Gasteiger partial charge on any atom is -0.390 e. The van der Waals surface area contributed by atoms with Crippen molar-refractivity contribution in [3.05, 3.63) is 11.8 Å². The highest BCUT2D eigenvalue weighted by molar-refractivity contribution is 5.43. The number of piperidine rings is 1. The van der Waals surface area contributed by atoms with Gasteiger partial charge in [-0.1, -0.05) is 0 Å². The first-order valence-electron chi connectivity index (χ1n) is 7.82. The number of ether oxygens (including phenoxy) is 1. The molecule has 0 bridgehead atoms. The van der Waals surface area contributed by atoms with E-state index in [4.69, 9.17) is 4.74 Å². The van der Waals surface area contributed by atoms with Gasteiger partial charge < -0.3 is 25.2 Å². The average Bonchev–Trinajstić information content (AvgIpc) is 2.52. The van der Waals surface area contributed by atoms with Gasteiger partial charge in [-0.05, 0) is 26.2 Å². The van der Waals surface area contributed by atoms with Crippen molar-refractivity contribution >= 4 is 11.8 Å². The number of nitrogens with zero attached hydrogens (tertiary/aromatic N) is 3. The zero-order valence-electron chi connectivity index (χ0n) is 13.1. The minimum atomic E-state index is -0.810. The molecule has 2 fully saturated rings. The fraction of sp³-hybridized carbons (Fsp3) is 0.733. The number of nitrogens with one attached hydrogen (secondary N) is 1. The summed E-state index contributed by atoms with van der Waals surface area (Å²) in [6, 6.07) is 1.90. The van der Waals surface area contributed by atoms with Crippen molar-refractivity contribution in [1.29, 1.82) is 0 Å². The van der Waals surface area contributed by atoms with Crippen LogP contribution < -0.4 is 10.2 Å². The molecule has 7 heteroatoms. The summed E-state index contributed by atoms with van der Waals surface area (Å²) in [5.41, 5.74) is 0.295. The lowest BCUT2D eigenvalue weighted by atomic mass is 9.81. The number of aliphatic hydroxyl groups excluding tert-OH is 2. The van der Waals surface area contributed by atoms with Crippen molar-refractivity contribution in [1.82, 2.24) is 9.97 Å².